The quantitative estimate of drug-likeness (QED) is 0.580. The molecular weight excluding hydrogens is 454 g/mol. The number of benzene rings is 2. The minimum absolute atomic E-state index is 0.0182. The number of hydrogen-bond acceptors (Lipinski definition) is 6. The smallest absolute Gasteiger partial charge is 0.336 e. The first-order valence-corrected chi connectivity index (χ1v) is 11.9. The summed E-state index contributed by atoms with van der Waals surface area (Å²) in [4.78, 5) is 26.8. The highest BCUT2D eigenvalue weighted by atomic mass is 35.5. The van der Waals surface area contributed by atoms with Crippen LogP contribution in [0.3, 0.4) is 0 Å². The number of Topliss-reactive ketones (excluding diaryl/α,β-unsaturated/α-hetero) is 1. The zero-order chi connectivity index (χ0) is 23.8. The highest BCUT2D eigenvalue weighted by Gasteiger charge is 2.41. The van der Waals surface area contributed by atoms with E-state index in [1.807, 2.05) is 56.3 Å². The van der Waals surface area contributed by atoms with Crippen molar-refractivity contribution in [3.05, 3.63) is 81.2 Å². The van der Waals surface area contributed by atoms with Crippen LogP contribution in [0.15, 0.2) is 65.0 Å². The second kappa shape index (κ2) is 9.18. The number of nitrogens with one attached hydrogen (secondary N) is 1. The van der Waals surface area contributed by atoms with Crippen molar-refractivity contribution < 1.29 is 23.8 Å². The van der Waals surface area contributed by atoms with Gasteiger partial charge < -0.3 is 19.5 Å². The molecule has 0 unspecified atom stereocenters. The number of halogens is 1. The van der Waals surface area contributed by atoms with E-state index in [4.69, 9.17) is 25.8 Å². The van der Waals surface area contributed by atoms with Crippen LogP contribution in [0, 0.1) is 0 Å². The van der Waals surface area contributed by atoms with Crippen molar-refractivity contribution in [1.29, 1.82) is 0 Å². The van der Waals surface area contributed by atoms with E-state index < -0.39 is 11.9 Å². The Balaban J connectivity index is 1.57. The van der Waals surface area contributed by atoms with Crippen LogP contribution in [0.2, 0.25) is 5.02 Å². The first kappa shape index (κ1) is 22.5. The molecule has 2 aliphatic heterocycles. The second-order valence-corrected chi connectivity index (χ2v) is 9.25. The molecule has 0 fully saturated rings. The molecule has 0 radical (unpaired) electrons. The molecule has 176 valence electrons. The molecule has 34 heavy (non-hydrogen) atoms. The number of carbonyl (C=O) groups is 2. The molecule has 0 spiro atoms. The molecule has 3 aliphatic rings. The van der Waals surface area contributed by atoms with Gasteiger partial charge in [0.2, 0.25) is 6.79 Å². The van der Waals surface area contributed by atoms with Gasteiger partial charge in [-0.1, -0.05) is 36.7 Å². The molecular formula is C27H26ClNO5. The molecule has 0 saturated carbocycles. The molecule has 7 heteroatoms. The maximum absolute atomic E-state index is 13.6. The largest absolute Gasteiger partial charge is 0.462 e. The molecule has 0 aromatic heterocycles. The zero-order valence-electron chi connectivity index (χ0n) is 19.2. The first-order chi connectivity index (χ1) is 16.5. The van der Waals surface area contributed by atoms with Gasteiger partial charge in [0, 0.05) is 34.3 Å². The monoisotopic (exact) mass is 479 g/mol. The van der Waals surface area contributed by atoms with Gasteiger partial charge in [0.05, 0.1) is 12.2 Å². The fraction of sp³-hybridized carbons (Fsp3) is 0.333. The average Bonchev–Trinajstić information content (AvgIpc) is 3.30. The van der Waals surface area contributed by atoms with Crippen molar-refractivity contribution in [2.24, 2.45) is 0 Å². The van der Waals surface area contributed by atoms with Crippen molar-refractivity contribution >= 4 is 23.4 Å². The van der Waals surface area contributed by atoms with Crippen molar-refractivity contribution in [3.8, 4) is 11.5 Å². The van der Waals surface area contributed by atoms with Crippen LogP contribution >= 0.6 is 11.6 Å². The summed E-state index contributed by atoms with van der Waals surface area (Å²) in [5.74, 6) is 0.377. The van der Waals surface area contributed by atoms with Crippen molar-refractivity contribution in [1.82, 2.24) is 5.32 Å². The third-order valence-corrected chi connectivity index (χ3v) is 6.81. The SMILES string of the molecule is CCCOC(=O)C1=C(C)NC2=C(C(=O)C[C@@H](c3ccc(Cl)cc3)C2)[C@H]1c1ccc2c(c1)OCO2. The number of dihydropyridines is 1. The number of fused-ring (bicyclic) bond motifs is 1. The van der Waals surface area contributed by atoms with E-state index in [-0.39, 0.29) is 18.5 Å². The number of carbonyl (C=O) groups excluding carboxylic acids is 2. The minimum Gasteiger partial charge on any atom is -0.462 e. The molecule has 0 saturated heterocycles. The maximum atomic E-state index is 13.6. The van der Waals surface area contributed by atoms with Crippen LogP contribution in [-0.2, 0) is 14.3 Å². The average molecular weight is 480 g/mol. The Bertz CT molecular complexity index is 1210. The van der Waals surface area contributed by atoms with Gasteiger partial charge in [-0.3, -0.25) is 4.79 Å². The van der Waals surface area contributed by atoms with Gasteiger partial charge in [-0.2, -0.15) is 0 Å². The van der Waals surface area contributed by atoms with Crippen molar-refractivity contribution in [2.75, 3.05) is 13.4 Å². The maximum Gasteiger partial charge on any atom is 0.336 e. The summed E-state index contributed by atoms with van der Waals surface area (Å²) in [6.07, 6.45) is 1.74. The van der Waals surface area contributed by atoms with Crippen molar-refractivity contribution in [3.63, 3.8) is 0 Å². The molecule has 0 bridgehead atoms. The summed E-state index contributed by atoms with van der Waals surface area (Å²) >= 11 is 6.06. The standard InChI is InChI=1S/C27H26ClNO5/c1-3-10-32-27(31)24-15(2)29-20-11-18(16-4-7-19(28)8-5-16)12-21(30)26(20)25(24)17-6-9-22-23(13-17)34-14-33-22/h4-9,13,18,25,29H,3,10-12,14H2,1-2H3/t18-,25-/m0/s1. The van der Waals surface area contributed by atoms with Gasteiger partial charge in [0.15, 0.2) is 17.3 Å². The summed E-state index contributed by atoms with van der Waals surface area (Å²) < 4.78 is 16.6. The number of esters is 1. The van der Waals surface area contributed by atoms with Crippen molar-refractivity contribution in [2.45, 2.75) is 44.9 Å². The van der Waals surface area contributed by atoms with Crippen LogP contribution in [-0.4, -0.2) is 25.2 Å². The Morgan fingerprint density at radius 1 is 1.09 bits per heavy atom. The molecule has 2 atom stereocenters. The van der Waals surface area contributed by atoms with E-state index in [0.717, 1.165) is 23.2 Å². The summed E-state index contributed by atoms with van der Waals surface area (Å²) in [5, 5.41) is 4.04. The van der Waals surface area contributed by atoms with Gasteiger partial charge in [-0.15, -0.1) is 0 Å². The Hall–Kier alpha value is -3.25. The minimum atomic E-state index is -0.534. The van der Waals surface area contributed by atoms with Crippen LogP contribution in [0.4, 0.5) is 0 Å². The van der Waals surface area contributed by atoms with Crippen LogP contribution in [0.1, 0.15) is 56.1 Å². The van der Waals surface area contributed by atoms with Crippen LogP contribution in [0.5, 0.6) is 11.5 Å². The summed E-state index contributed by atoms with van der Waals surface area (Å²) in [6, 6.07) is 13.2. The number of hydrogen-bond donors (Lipinski definition) is 1. The normalized spacial score (nSPS) is 21.3. The lowest BCUT2D eigenvalue weighted by molar-refractivity contribution is -0.139. The molecule has 2 aromatic carbocycles. The van der Waals surface area contributed by atoms with Crippen LogP contribution < -0.4 is 14.8 Å². The van der Waals surface area contributed by atoms with Gasteiger partial charge in [0.25, 0.3) is 0 Å². The van der Waals surface area contributed by atoms with Crippen LogP contribution in [0.25, 0.3) is 0 Å². The van der Waals surface area contributed by atoms with Gasteiger partial charge in [-0.25, -0.2) is 4.79 Å². The summed E-state index contributed by atoms with van der Waals surface area (Å²) in [5.41, 5.74) is 4.51. The zero-order valence-corrected chi connectivity index (χ0v) is 19.9. The molecule has 1 N–H and O–H groups in total. The Kier molecular flexibility index (Phi) is 6.09. The van der Waals surface area contributed by atoms with Gasteiger partial charge in [-0.05, 0) is 61.1 Å². The lowest BCUT2D eigenvalue weighted by atomic mass is 9.71. The molecule has 1 aliphatic carbocycles. The summed E-state index contributed by atoms with van der Waals surface area (Å²) in [6.45, 7) is 4.29. The fourth-order valence-corrected chi connectivity index (χ4v) is 5.10. The third-order valence-electron chi connectivity index (χ3n) is 6.56. The Morgan fingerprint density at radius 3 is 2.59 bits per heavy atom. The highest BCUT2D eigenvalue weighted by Crippen LogP contribution is 2.47. The van der Waals surface area contributed by atoms with Gasteiger partial charge >= 0.3 is 5.97 Å². The van der Waals surface area contributed by atoms with E-state index in [2.05, 4.69) is 5.32 Å². The number of ketones is 1. The van der Waals surface area contributed by atoms with E-state index >= 15 is 0 Å². The topological polar surface area (TPSA) is 73.9 Å². The second-order valence-electron chi connectivity index (χ2n) is 8.82. The predicted molar refractivity (Wildman–Crippen MR) is 128 cm³/mol. The Morgan fingerprint density at radius 2 is 1.82 bits per heavy atom. The van der Waals surface area contributed by atoms with E-state index in [0.29, 0.717) is 52.8 Å². The van der Waals surface area contributed by atoms with E-state index in [1.54, 1.807) is 0 Å². The molecule has 6 nitrogen and oxygen atoms in total. The third kappa shape index (κ3) is 4.07. The molecule has 2 heterocycles. The lowest BCUT2D eigenvalue weighted by Gasteiger charge is -2.36. The fourth-order valence-electron chi connectivity index (χ4n) is 4.98. The van der Waals surface area contributed by atoms with Gasteiger partial charge in [0.1, 0.15) is 0 Å². The molecule has 0 amide bonds. The number of allylic oxidation sites excluding steroid dienone is 3. The summed E-state index contributed by atoms with van der Waals surface area (Å²) in [7, 11) is 0. The van der Waals surface area contributed by atoms with E-state index in [1.165, 1.54) is 0 Å². The number of rotatable bonds is 5. The Labute approximate surface area is 203 Å². The lowest BCUT2D eigenvalue weighted by Crippen LogP contribution is -2.36. The molecule has 2 aromatic rings. The predicted octanol–water partition coefficient (Wildman–Crippen LogP) is 5.38. The highest BCUT2D eigenvalue weighted by molar-refractivity contribution is 6.30. The number of ether oxygens (including phenoxy) is 3. The van der Waals surface area contributed by atoms with E-state index in [9.17, 15) is 9.59 Å². The molecule has 5 rings (SSSR count). The first-order valence-electron chi connectivity index (χ1n) is 11.5.